The van der Waals surface area contributed by atoms with Crippen molar-refractivity contribution in [1.29, 1.82) is 0 Å². The van der Waals surface area contributed by atoms with Gasteiger partial charge in [-0.2, -0.15) is 0 Å². The number of amides is 1. The van der Waals surface area contributed by atoms with Gasteiger partial charge in [0.05, 0.1) is 23.0 Å². The molecule has 0 aliphatic heterocycles. The van der Waals surface area contributed by atoms with E-state index in [1.807, 2.05) is 0 Å². The second kappa shape index (κ2) is 7.80. The molecule has 2 N–H and O–H groups in total. The number of carbonyl (C=O) groups excluding carboxylic acids is 1. The van der Waals surface area contributed by atoms with Crippen molar-refractivity contribution in [2.75, 3.05) is 5.32 Å². The molecular weight excluding hydrogens is 423 g/mol. The standard InChI is InChI=1S/C21H17FN4O4S/c1-25-15-5-3-4-12(18(15)19(29)26(2)21(25)30)9-17(28)24-20-23-14(10-31-20)11-6-7-16(27)13(22)8-11/h3-8,10,27H,9H2,1-2H3,(H,23,24,28). The Labute approximate surface area is 178 Å². The molecule has 0 atom stereocenters. The highest BCUT2D eigenvalue weighted by Gasteiger charge is 2.16. The molecule has 0 saturated carbocycles. The minimum absolute atomic E-state index is 0.0897. The highest BCUT2D eigenvalue weighted by molar-refractivity contribution is 7.14. The fourth-order valence-corrected chi connectivity index (χ4v) is 4.05. The summed E-state index contributed by atoms with van der Waals surface area (Å²) >= 11 is 1.17. The van der Waals surface area contributed by atoms with Crippen LogP contribution in [0.1, 0.15) is 5.56 Å². The van der Waals surface area contributed by atoms with Crippen LogP contribution in [0.3, 0.4) is 0 Å². The third-order valence-electron chi connectivity index (χ3n) is 4.93. The molecule has 31 heavy (non-hydrogen) atoms. The number of phenolic OH excluding ortho intramolecular Hbond substituents is 1. The van der Waals surface area contributed by atoms with E-state index < -0.39 is 22.8 Å². The summed E-state index contributed by atoms with van der Waals surface area (Å²) in [7, 11) is 2.96. The number of nitrogens with one attached hydrogen (secondary N) is 1. The van der Waals surface area contributed by atoms with Gasteiger partial charge in [-0.15, -0.1) is 11.3 Å². The molecule has 8 nitrogen and oxygen atoms in total. The van der Waals surface area contributed by atoms with Gasteiger partial charge >= 0.3 is 5.69 Å². The van der Waals surface area contributed by atoms with Crippen LogP contribution in [0.15, 0.2) is 51.4 Å². The van der Waals surface area contributed by atoms with Crippen LogP contribution in [-0.4, -0.2) is 25.1 Å². The summed E-state index contributed by atoms with van der Waals surface area (Å²) in [6.45, 7) is 0. The van der Waals surface area contributed by atoms with Crippen LogP contribution in [0.2, 0.25) is 0 Å². The first-order chi connectivity index (χ1) is 14.8. The number of hydrogen-bond donors (Lipinski definition) is 2. The van der Waals surface area contributed by atoms with E-state index in [0.29, 0.717) is 32.9 Å². The first-order valence-corrected chi connectivity index (χ1v) is 10.1. The quantitative estimate of drug-likeness (QED) is 0.507. The van der Waals surface area contributed by atoms with Gasteiger partial charge in [0, 0.05) is 25.0 Å². The number of fused-ring (bicyclic) bond motifs is 1. The molecule has 2 aromatic carbocycles. The molecule has 0 spiro atoms. The van der Waals surface area contributed by atoms with Crippen molar-refractivity contribution in [3.05, 3.63) is 74.0 Å². The normalized spacial score (nSPS) is 11.1. The van der Waals surface area contributed by atoms with Crippen LogP contribution in [-0.2, 0) is 25.3 Å². The number of carbonyl (C=O) groups is 1. The number of anilines is 1. The number of thiazole rings is 1. The van der Waals surface area contributed by atoms with E-state index in [4.69, 9.17) is 0 Å². The summed E-state index contributed by atoms with van der Waals surface area (Å²) in [5, 5.41) is 14.3. The number of halogens is 1. The second-order valence-corrected chi connectivity index (χ2v) is 7.80. The van der Waals surface area contributed by atoms with E-state index in [9.17, 15) is 23.9 Å². The number of aromatic nitrogens is 3. The van der Waals surface area contributed by atoms with Gasteiger partial charge in [-0.3, -0.25) is 18.7 Å². The molecule has 0 unspecified atom stereocenters. The molecule has 2 aromatic heterocycles. The van der Waals surface area contributed by atoms with Crippen molar-refractivity contribution in [2.45, 2.75) is 6.42 Å². The predicted octanol–water partition coefficient (Wildman–Crippen LogP) is 2.39. The monoisotopic (exact) mass is 440 g/mol. The Bertz CT molecular complexity index is 1450. The molecule has 10 heteroatoms. The van der Waals surface area contributed by atoms with Crippen LogP contribution >= 0.6 is 11.3 Å². The summed E-state index contributed by atoms with van der Waals surface area (Å²) < 4.78 is 15.9. The summed E-state index contributed by atoms with van der Waals surface area (Å²) in [6.07, 6.45) is -0.0897. The molecule has 158 valence electrons. The largest absolute Gasteiger partial charge is 0.505 e. The van der Waals surface area contributed by atoms with E-state index >= 15 is 0 Å². The lowest BCUT2D eigenvalue weighted by Crippen LogP contribution is -2.37. The number of hydrogen-bond acceptors (Lipinski definition) is 6. The van der Waals surface area contributed by atoms with Crippen molar-refractivity contribution >= 4 is 33.3 Å². The fourth-order valence-electron chi connectivity index (χ4n) is 3.31. The summed E-state index contributed by atoms with van der Waals surface area (Å²) in [4.78, 5) is 41.7. The molecule has 0 saturated heterocycles. The van der Waals surface area contributed by atoms with Crippen molar-refractivity contribution in [3.63, 3.8) is 0 Å². The first kappa shape index (κ1) is 20.5. The lowest BCUT2D eigenvalue weighted by molar-refractivity contribution is -0.115. The Balaban J connectivity index is 1.60. The number of nitrogens with zero attached hydrogens (tertiary/aromatic N) is 3. The zero-order valence-corrected chi connectivity index (χ0v) is 17.4. The lowest BCUT2D eigenvalue weighted by Gasteiger charge is -2.10. The van der Waals surface area contributed by atoms with E-state index in [1.165, 1.54) is 35.1 Å². The van der Waals surface area contributed by atoms with Crippen molar-refractivity contribution < 1.29 is 14.3 Å². The van der Waals surface area contributed by atoms with Crippen molar-refractivity contribution in [1.82, 2.24) is 14.1 Å². The van der Waals surface area contributed by atoms with E-state index in [1.54, 1.807) is 30.6 Å². The van der Waals surface area contributed by atoms with Gasteiger partial charge in [-0.05, 0) is 29.8 Å². The summed E-state index contributed by atoms with van der Waals surface area (Å²) in [6, 6.07) is 8.92. The minimum Gasteiger partial charge on any atom is -0.505 e. The number of benzene rings is 2. The van der Waals surface area contributed by atoms with E-state index in [2.05, 4.69) is 10.3 Å². The molecule has 0 radical (unpaired) electrons. The predicted molar refractivity (Wildman–Crippen MR) is 116 cm³/mol. The molecule has 2 heterocycles. The highest BCUT2D eigenvalue weighted by atomic mass is 32.1. The van der Waals surface area contributed by atoms with Gasteiger partial charge in [0.15, 0.2) is 16.7 Å². The van der Waals surface area contributed by atoms with Crippen molar-refractivity contribution in [3.8, 4) is 17.0 Å². The maximum Gasteiger partial charge on any atom is 0.330 e. The van der Waals surface area contributed by atoms with Crippen LogP contribution in [0, 0.1) is 5.82 Å². The Hall–Kier alpha value is -3.79. The number of aryl methyl sites for hydroxylation is 1. The van der Waals surface area contributed by atoms with Gasteiger partial charge in [-0.25, -0.2) is 14.2 Å². The van der Waals surface area contributed by atoms with Gasteiger partial charge < -0.3 is 10.4 Å². The molecule has 1 amide bonds. The maximum absolute atomic E-state index is 13.6. The first-order valence-electron chi connectivity index (χ1n) is 9.18. The molecule has 0 fully saturated rings. The molecule has 4 aromatic rings. The van der Waals surface area contributed by atoms with Crippen LogP contribution < -0.4 is 16.6 Å². The SMILES string of the molecule is Cn1c(=O)c2c(CC(=O)Nc3nc(-c4ccc(O)c(F)c4)cs3)cccc2n(C)c1=O. The Morgan fingerprint density at radius 3 is 2.71 bits per heavy atom. The molecule has 0 aliphatic rings. The highest BCUT2D eigenvalue weighted by Crippen LogP contribution is 2.28. The smallest absolute Gasteiger partial charge is 0.330 e. The topological polar surface area (TPSA) is 106 Å². The Morgan fingerprint density at radius 2 is 1.97 bits per heavy atom. The Morgan fingerprint density at radius 1 is 1.19 bits per heavy atom. The van der Waals surface area contributed by atoms with Gasteiger partial charge in [0.1, 0.15) is 0 Å². The number of rotatable bonds is 4. The summed E-state index contributed by atoms with van der Waals surface area (Å²) in [5.74, 6) is -1.60. The zero-order valence-electron chi connectivity index (χ0n) is 16.5. The van der Waals surface area contributed by atoms with Crippen LogP contribution in [0.25, 0.3) is 22.2 Å². The maximum atomic E-state index is 13.6. The minimum atomic E-state index is -0.761. The van der Waals surface area contributed by atoms with Gasteiger partial charge in [0.25, 0.3) is 5.56 Å². The van der Waals surface area contributed by atoms with Gasteiger partial charge in [0.2, 0.25) is 5.91 Å². The third kappa shape index (κ3) is 3.73. The van der Waals surface area contributed by atoms with Crippen LogP contribution in [0.4, 0.5) is 9.52 Å². The average molecular weight is 440 g/mol. The molecule has 4 rings (SSSR count). The second-order valence-electron chi connectivity index (χ2n) is 6.95. The molecule has 0 aliphatic carbocycles. The molecular formula is C21H17FN4O4S. The lowest BCUT2D eigenvalue weighted by atomic mass is 10.1. The summed E-state index contributed by atoms with van der Waals surface area (Å²) in [5.41, 5.74) is 0.944. The Kier molecular flexibility index (Phi) is 5.15. The van der Waals surface area contributed by atoms with Gasteiger partial charge in [-0.1, -0.05) is 12.1 Å². The van der Waals surface area contributed by atoms with E-state index in [0.717, 1.165) is 10.6 Å². The molecule has 0 bridgehead atoms. The number of aromatic hydroxyl groups is 1. The van der Waals surface area contributed by atoms with Crippen LogP contribution in [0.5, 0.6) is 5.75 Å². The third-order valence-corrected chi connectivity index (χ3v) is 5.69. The van der Waals surface area contributed by atoms with E-state index in [-0.39, 0.29) is 12.3 Å². The number of phenols is 1. The van der Waals surface area contributed by atoms with Crippen molar-refractivity contribution in [2.24, 2.45) is 14.1 Å². The fraction of sp³-hybridized carbons (Fsp3) is 0.143. The average Bonchev–Trinajstić information content (AvgIpc) is 3.20. The zero-order chi connectivity index (χ0) is 22.3.